The summed E-state index contributed by atoms with van der Waals surface area (Å²) in [7, 11) is 0. The maximum Gasteiger partial charge on any atom is 0.303 e. The molecule has 0 unspecified atom stereocenters. The summed E-state index contributed by atoms with van der Waals surface area (Å²) in [6.45, 7) is 5.10. The Balaban J connectivity index is 3.50. The van der Waals surface area contributed by atoms with Gasteiger partial charge < -0.3 is 102 Å². The van der Waals surface area contributed by atoms with E-state index in [4.69, 9.17) is 22.9 Å². The van der Waals surface area contributed by atoms with E-state index in [-0.39, 0.29) is 31.5 Å². The molecule has 0 aliphatic rings. The van der Waals surface area contributed by atoms with E-state index < -0.39 is 200 Å². The van der Waals surface area contributed by atoms with Gasteiger partial charge in [0.15, 0.2) is 0 Å². The number of carboxylic acid groups (broad SMARTS) is 2. The first-order chi connectivity index (χ1) is 40.4. The van der Waals surface area contributed by atoms with Gasteiger partial charge in [-0.25, -0.2) is 4.98 Å². The van der Waals surface area contributed by atoms with E-state index >= 15 is 0 Å². The Morgan fingerprint density at radius 1 is 0.500 bits per heavy atom. The average molecular weight is 1240 g/mol. The number of nitrogens with two attached hydrogens (primary N) is 4. The van der Waals surface area contributed by atoms with Crippen LogP contribution in [0.1, 0.15) is 117 Å². The van der Waals surface area contributed by atoms with E-state index in [2.05, 4.69) is 63.1 Å². The molecule has 0 saturated carbocycles. The van der Waals surface area contributed by atoms with Crippen LogP contribution in [0.5, 0.6) is 0 Å². The Kier molecular flexibility index (Phi) is 35.6. The van der Waals surface area contributed by atoms with Crippen LogP contribution in [0.3, 0.4) is 0 Å². The number of amides is 12. The van der Waals surface area contributed by atoms with Crippen molar-refractivity contribution in [3.8, 4) is 0 Å². The van der Waals surface area contributed by atoms with Crippen LogP contribution in [0.4, 0.5) is 0 Å². The highest BCUT2D eigenvalue weighted by atomic mass is 32.2. The molecule has 0 bridgehead atoms. The van der Waals surface area contributed by atoms with Crippen LogP contribution in [0.15, 0.2) is 12.5 Å². The summed E-state index contributed by atoms with van der Waals surface area (Å²) in [6, 6.07) is -15.8. The zero-order chi connectivity index (χ0) is 65.2. The number of carboxylic acids is 2. The largest absolute Gasteiger partial charge is 0.481 e. The molecule has 35 heteroatoms. The fraction of sp³-hybridized carbons (Fsp3) is 0.667. The van der Waals surface area contributed by atoms with Crippen molar-refractivity contribution >= 4 is 94.6 Å². The van der Waals surface area contributed by atoms with Gasteiger partial charge in [-0.3, -0.25) is 67.1 Å². The highest BCUT2D eigenvalue weighted by Crippen LogP contribution is 2.11. The number of aromatic amines is 1. The Bertz CT molecular complexity index is 2450. The van der Waals surface area contributed by atoms with Crippen molar-refractivity contribution in [3.05, 3.63) is 18.2 Å². The number of aromatic nitrogens is 2. The third-order valence-electron chi connectivity index (χ3n) is 12.9. The van der Waals surface area contributed by atoms with Crippen LogP contribution in [-0.4, -0.2) is 211 Å². The van der Waals surface area contributed by atoms with Crippen LogP contribution < -0.4 is 76.1 Å². The van der Waals surface area contributed by atoms with Gasteiger partial charge in [0.2, 0.25) is 70.9 Å². The smallest absolute Gasteiger partial charge is 0.303 e. The fourth-order valence-corrected chi connectivity index (χ4v) is 8.55. The maximum absolute atomic E-state index is 14.2. The number of hydrogen-bond donors (Lipinski definition) is 19. The highest BCUT2D eigenvalue weighted by molar-refractivity contribution is 7.98. The third-order valence-corrected chi connectivity index (χ3v) is 13.5. The number of H-pyrrole nitrogens is 1. The van der Waals surface area contributed by atoms with E-state index in [1.54, 1.807) is 6.26 Å². The van der Waals surface area contributed by atoms with Gasteiger partial charge in [-0.15, -0.1) is 0 Å². The molecule has 0 aliphatic heterocycles. The summed E-state index contributed by atoms with van der Waals surface area (Å²) in [5.41, 5.74) is 22.1. The standard InChI is InChI=1S/C51H86N16O18S/c1-25(43(77)61-33(13-16-38(72)73)45(79)63-35(18-21-86-5)47(81)60-30(42(55)76)10-6-8-19-52)58-50(84)40(26(2)68)67-49(83)36(22-29-23-56-24-57-29)65-46(80)34(14-17-39(74)75)62-44(78)32(12-15-37(54)71)64-51(85)41(27(3)69)66-48(82)31(59-28(4)70)11-7-9-20-53/h23-27,30-36,40-41,68-69H,6-22,52-53H2,1-5H3,(H2,54,71)(H2,55,76)(H,56,57)(H,58,84)(H,59,70)(H,60,81)(H,61,77)(H,62,78)(H,63,79)(H,64,85)(H,65,80)(H,66,82)(H,67,83)(H,72,73)(H,74,75)/t25-,26+,27+,30-,31-,32-,33-,34-,35-,36-,40-,41-/m0/s1. The minimum absolute atomic E-state index is 0.0278. The molecule has 0 fully saturated rings. The molecule has 1 aromatic rings. The molecular formula is C51H86N16O18S. The van der Waals surface area contributed by atoms with Gasteiger partial charge in [0, 0.05) is 44.5 Å². The zero-order valence-corrected chi connectivity index (χ0v) is 49.6. The van der Waals surface area contributed by atoms with E-state index in [9.17, 15) is 87.5 Å². The summed E-state index contributed by atoms with van der Waals surface area (Å²) in [5.74, 6) is -14.6. The Morgan fingerprint density at radius 2 is 0.884 bits per heavy atom. The molecule has 0 saturated heterocycles. The molecule has 0 spiro atoms. The first-order valence-corrected chi connectivity index (χ1v) is 29.1. The summed E-state index contributed by atoms with van der Waals surface area (Å²) in [5, 5.41) is 64.1. The number of nitrogens with one attached hydrogen (secondary N) is 11. The van der Waals surface area contributed by atoms with Gasteiger partial charge in [0.25, 0.3) is 0 Å². The van der Waals surface area contributed by atoms with Gasteiger partial charge >= 0.3 is 11.9 Å². The number of rotatable bonds is 44. The predicted molar refractivity (Wildman–Crippen MR) is 306 cm³/mol. The topological polar surface area (TPSA) is 573 Å². The molecule has 12 amide bonds. The molecule has 0 radical (unpaired) electrons. The van der Waals surface area contributed by atoms with Crippen LogP contribution >= 0.6 is 11.8 Å². The number of nitrogens with zero attached hydrogens (tertiary/aromatic N) is 1. The minimum atomic E-state index is -1.92. The second-order valence-corrected chi connectivity index (χ2v) is 21.2. The minimum Gasteiger partial charge on any atom is -0.481 e. The summed E-state index contributed by atoms with van der Waals surface area (Å²) in [4.78, 5) is 190. The van der Waals surface area contributed by atoms with Crippen LogP contribution in [-0.2, 0) is 73.5 Å². The highest BCUT2D eigenvalue weighted by Gasteiger charge is 2.37. The summed E-state index contributed by atoms with van der Waals surface area (Å²) < 4.78 is 0. The Labute approximate surface area is 500 Å². The monoisotopic (exact) mass is 1240 g/mol. The van der Waals surface area contributed by atoms with E-state index in [0.717, 1.165) is 27.7 Å². The number of unbranched alkanes of at least 4 members (excludes halogenated alkanes) is 2. The van der Waals surface area contributed by atoms with Crippen LogP contribution in [0.2, 0.25) is 0 Å². The van der Waals surface area contributed by atoms with Crippen molar-refractivity contribution in [2.45, 2.75) is 190 Å². The van der Waals surface area contributed by atoms with Crippen molar-refractivity contribution in [2.24, 2.45) is 22.9 Å². The quantitative estimate of drug-likeness (QED) is 0.0270. The van der Waals surface area contributed by atoms with Crippen molar-refractivity contribution in [2.75, 3.05) is 25.1 Å². The van der Waals surface area contributed by atoms with Gasteiger partial charge in [0.05, 0.1) is 18.5 Å². The van der Waals surface area contributed by atoms with E-state index in [0.29, 0.717) is 38.0 Å². The van der Waals surface area contributed by atoms with Gasteiger partial charge in [0.1, 0.15) is 60.4 Å². The number of carbonyl (C=O) groups excluding carboxylic acids is 12. The molecule has 86 heavy (non-hydrogen) atoms. The summed E-state index contributed by atoms with van der Waals surface area (Å²) >= 11 is 1.32. The predicted octanol–water partition coefficient (Wildman–Crippen LogP) is -6.91. The average Bonchev–Trinajstić information content (AvgIpc) is 4.00. The molecule has 12 atom stereocenters. The lowest BCUT2D eigenvalue weighted by molar-refractivity contribution is -0.139. The molecular weight excluding hydrogens is 1160 g/mol. The van der Waals surface area contributed by atoms with Crippen LogP contribution in [0.25, 0.3) is 0 Å². The zero-order valence-electron chi connectivity index (χ0n) is 48.8. The lowest BCUT2D eigenvalue weighted by Crippen LogP contribution is -2.62. The van der Waals surface area contributed by atoms with Gasteiger partial charge in [-0.05, 0) is 110 Å². The SMILES string of the molecule is CSCC[C@H](NC(=O)[C@H](CCC(=O)O)NC(=O)[C@H](C)NC(=O)[C@@H](NC(=O)[C@H](Cc1cnc[nH]1)NC(=O)[C@H](CCC(=O)O)NC(=O)[C@H](CCC(N)=O)NC(=O)[C@@H](NC(=O)[C@H](CCCCN)NC(C)=O)[C@@H](C)O)[C@@H](C)O)C(=O)N[C@@H](CCCCN)C(N)=O. The molecule has 484 valence electrons. The second kappa shape index (κ2) is 40.3. The fourth-order valence-electron chi connectivity index (χ4n) is 8.08. The second-order valence-electron chi connectivity index (χ2n) is 20.2. The first kappa shape index (κ1) is 76.0. The Morgan fingerprint density at radius 3 is 1.29 bits per heavy atom. The Hall–Kier alpha value is -8.02. The molecule has 0 aromatic carbocycles. The number of carbonyl (C=O) groups is 14. The lowest BCUT2D eigenvalue weighted by atomic mass is 10.0. The van der Waals surface area contributed by atoms with Crippen molar-refractivity contribution in [3.63, 3.8) is 0 Å². The van der Waals surface area contributed by atoms with E-state index in [1.165, 1.54) is 24.3 Å². The van der Waals surface area contributed by atoms with Crippen molar-refractivity contribution in [1.29, 1.82) is 0 Å². The number of hydrogen-bond acceptors (Lipinski definition) is 20. The lowest BCUT2D eigenvalue weighted by Gasteiger charge is -2.28. The molecule has 1 aromatic heterocycles. The molecule has 0 aliphatic carbocycles. The maximum atomic E-state index is 14.2. The molecule has 1 rings (SSSR count). The number of aliphatic hydroxyl groups excluding tert-OH is 2. The van der Waals surface area contributed by atoms with Crippen molar-refractivity contribution in [1.82, 2.24) is 63.1 Å². The number of imidazole rings is 1. The van der Waals surface area contributed by atoms with Crippen LogP contribution in [0, 0.1) is 0 Å². The van der Waals surface area contributed by atoms with Gasteiger partial charge in [-0.2, -0.15) is 11.8 Å². The molecule has 23 N–H and O–H groups in total. The first-order valence-electron chi connectivity index (χ1n) is 27.7. The number of primary amides is 2. The number of thioether (sulfide) groups is 1. The molecule has 34 nitrogen and oxygen atoms in total. The van der Waals surface area contributed by atoms with E-state index in [1.807, 2.05) is 0 Å². The summed E-state index contributed by atoms with van der Waals surface area (Å²) in [6.07, 6.45) is -1.22. The van der Waals surface area contributed by atoms with Gasteiger partial charge in [-0.1, -0.05) is 0 Å². The van der Waals surface area contributed by atoms with Crippen molar-refractivity contribution < 1.29 is 87.5 Å². The molecule has 1 heterocycles. The normalized spacial score (nSPS) is 15.2. The third kappa shape index (κ3) is 29.7. The number of aliphatic carboxylic acids is 2. The number of aliphatic hydroxyl groups is 2.